The van der Waals surface area contributed by atoms with Gasteiger partial charge in [0.05, 0.1) is 6.54 Å². The summed E-state index contributed by atoms with van der Waals surface area (Å²) in [6, 6.07) is 11.8. The average molecular weight is 538 g/mol. The van der Waals surface area contributed by atoms with E-state index in [2.05, 4.69) is 56.8 Å². The number of rotatable bonds is 10. The lowest BCUT2D eigenvalue weighted by Crippen LogP contribution is -2.38. The van der Waals surface area contributed by atoms with Crippen molar-refractivity contribution in [3.05, 3.63) is 59.3 Å². The van der Waals surface area contributed by atoms with Crippen LogP contribution in [0.3, 0.4) is 0 Å². The molecule has 2 rings (SSSR count). The minimum Gasteiger partial charge on any atom is -0.357 e. The van der Waals surface area contributed by atoms with Crippen LogP contribution in [0.5, 0.6) is 0 Å². The number of pyridine rings is 1. The number of carbonyl (C=O) groups excluding carboxylic acids is 1. The number of guanidine groups is 1. The summed E-state index contributed by atoms with van der Waals surface area (Å²) in [6.45, 7) is 10.3. The highest BCUT2D eigenvalue weighted by Crippen LogP contribution is 2.11. The molecule has 1 aromatic carbocycles. The Morgan fingerprint density at radius 2 is 1.84 bits per heavy atom. The van der Waals surface area contributed by atoms with E-state index in [1.54, 1.807) is 7.05 Å². The van der Waals surface area contributed by atoms with E-state index in [1.165, 1.54) is 0 Å². The van der Waals surface area contributed by atoms with Gasteiger partial charge in [0.15, 0.2) is 5.96 Å². The van der Waals surface area contributed by atoms with Gasteiger partial charge in [-0.2, -0.15) is 0 Å². The fourth-order valence-corrected chi connectivity index (χ4v) is 3.09. The Kier molecular flexibility index (Phi) is 12.6. The number of halogens is 1. The predicted octanol–water partition coefficient (Wildman–Crippen LogP) is 3.20. The van der Waals surface area contributed by atoms with Gasteiger partial charge in [0.2, 0.25) is 0 Å². The topological polar surface area (TPSA) is 81.7 Å². The third-order valence-corrected chi connectivity index (χ3v) is 4.78. The zero-order valence-corrected chi connectivity index (χ0v) is 21.3. The molecule has 0 aliphatic rings. The Morgan fingerprint density at radius 1 is 1.06 bits per heavy atom. The van der Waals surface area contributed by atoms with E-state index in [0.717, 1.165) is 55.5 Å². The van der Waals surface area contributed by atoms with Crippen molar-refractivity contribution < 1.29 is 4.79 Å². The highest BCUT2D eigenvalue weighted by molar-refractivity contribution is 14.0. The molecule has 8 heteroatoms. The number of amides is 1. The van der Waals surface area contributed by atoms with Gasteiger partial charge < -0.3 is 20.9 Å². The minimum absolute atomic E-state index is 0. The largest absolute Gasteiger partial charge is 0.357 e. The van der Waals surface area contributed by atoms with Gasteiger partial charge in [-0.1, -0.05) is 18.2 Å². The van der Waals surface area contributed by atoms with E-state index in [1.807, 2.05) is 37.4 Å². The van der Waals surface area contributed by atoms with Crippen LogP contribution in [0, 0.1) is 0 Å². The maximum absolute atomic E-state index is 11.8. The van der Waals surface area contributed by atoms with E-state index in [4.69, 9.17) is 0 Å². The summed E-state index contributed by atoms with van der Waals surface area (Å²) >= 11 is 0. The maximum atomic E-state index is 11.8. The lowest BCUT2D eigenvalue weighted by atomic mass is 10.1. The van der Waals surface area contributed by atoms with E-state index in [9.17, 15) is 4.79 Å². The molecule has 0 atom stereocenters. The second-order valence-corrected chi connectivity index (χ2v) is 6.85. The molecule has 0 saturated carbocycles. The molecular weight excluding hydrogens is 503 g/mol. The van der Waals surface area contributed by atoms with Crippen molar-refractivity contribution in [1.29, 1.82) is 0 Å². The number of aliphatic imine (C=N–C) groups is 1. The first-order valence-electron chi connectivity index (χ1n) is 10.6. The van der Waals surface area contributed by atoms with Crippen LogP contribution in [0.1, 0.15) is 42.3 Å². The lowest BCUT2D eigenvalue weighted by molar-refractivity contribution is 0.0963. The number of benzene rings is 1. The first kappa shape index (κ1) is 26.7. The summed E-state index contributed by atoms with van der Waals surface area (Å²) < 4.78 is 0. The van der Waals surface area contributed by atoms with Crippen molar-refractivity contribution in [3.8, 4) is 0 Å². The molecule has 0 fully saturated rings. The van der Waals surface area contributed by atoms with Crippen LogP contribution in [0.2, 0.25) is 0 Å². The molecule has 0 unspecified atom stereocenters. The average Bonchev–Trinajstić information content (AvgIpc) is 2.78. The molecule has 0 spiro atoms. The highest BCUT2D eigenvalue weighted by atomic mass is 127. The van der Waals surface area contributed by atoms with Crippen molar-refractivity contribution in [2.24, 2.45) is 4.99 Å². The Labute approximate surface area is 203 Å². The molecule has 1 amide bonds. The smallest absolute Gasteiger partial charge is 0.251 e. The Bertz CT molecular complexity index is 821. The molecular formula is C23H35IN6O. The summed E-state index contributed by atoms with van der Waals surface area (Å²) in [7, 11) is 1.64. The van der Waals surface area contributed by atoms with Crippen molar-refractivity contribution in [1.82, 2.24) is 20.9 Å². The van der Waals surface area contributed by atoms with Gasteiger partial charge in [-0.3, -0.25) is 4.79 Å². The number of anilines is 1. The molecule has 0 radical (unpaired) electrons. The second kappa shape index (κ2) is 14.6. The van der Waals surface area contributed by atoms with Gasteiger partial charge in [0.1, 0.15) is 5.82 Å². The molecule has 0 aliphatic heterocycles. The third-order valence-electron chi connectivity index (χ3n) is 4.78. The zero-order chi connectivity index (χ0) is 21.8. The van der Waals surface area contributed by atoms with Gasteiger partial charge in [-0.15, -0.1) is 24.0 Å². The van der Waals surface area contributed by atoms with Crippen molar-refractivity contribution in [2.45, 2.75) is 33.7 Å². The number of hydrogen-bond acceptors (Lipinski definition) is 4. The number of hydrogen-bond donors (Lipinski definition) is 3. The summed E-state index contributed by atoms with van der Waals surface area (Å²) in [5.74, 6) is 1.70. The summed E-state index contributed by atoms with van der Waals surface area (Å²) in [5.41, 5.74) is 2.85. The summed E-state index contributed by atoms with van der Waals surface area (Å²) in [6.07, 6.45) is 2.69. The maximum Gasteiger partial charge on any atom is 0.251 e. The molecule has 170 valence electrons. The fourth-order valence-electron chi connectivity index (χ4n) is 3.09. The van der Waals surface area contributed by atoms with Gasteiger partial charge in [0.25, 0.3) is 5.91 Å². The molecule has 0 bridgehead atoms. The van der Waals surface area contributed by atoms with Crippen LogP contribution in [-0.4, -0.2) is 50.1 Å². The monoisotopic (exact) mass is 538 g/mol. The molecule has 31 heavy (non-hydrogen) atoms. The Balaban J connectivity index is 0.00000480. The standard InChI is InChI=1S/C23H34N6O.HI/c1-5-25-23(26-14-13-18-9-8-10-20(15-18)22(30)24-4)28-17-19-11-12-21(27-16-19)29(6-2)7-3;/h8-12,15-16H,5-7,13-14,17H2,1-4H3,(H,24,30)(H2,25,26,28);1H. The van der Waals surface area contributed by atoms with Crippen LogP contribution >= 0.6 is 24.0 Å². The van der Waals surface area contributed by atoms with Crippen molar-refractivity contribution >= 4 is 41.7 Å². The Hall–Kier alpha value is -2.36. The van der Waals surface area contributed by atoms with Gasteiger partial charge >= 0.3 is 0 Å². The van der Waals surface area contributed by atoms with E-state index in [0.29, 0.717) is 12.1 Å². The van der Waals surface area contributed by atoms with Gasteiger partial charge in [-0.25, -0.2) is 9.98 Å². The summed E-state index contributed by atoms with van der Waals surface area (Å²) in [5, 5.41) is 9.29. The van der Waals surface area contributed by atoms with Crippen LogP contribution in [0.4, 0.5) is 5.82 Å². The van der Waals surface area contributed by atoms with Crippen LogP contribution in [0.15, 0.2) is 47.6 Å². The predicted molar refractivity (Wildman–Crippen MR) is 140 cm³/mol. The first-order chi connectivity index (χ1) is 14.6. The van der Waals surface area contributed by atoms with Crippen molar-refractivity contribution in [3.63, 3.8) is 0 Å². The lowest BCUT2D eigenvalue weighted by Gasteiger charge is -2.19. The summed E-state index contributed by atoms with van der Waals surface area (Å²) in [4.78, 5) is 23.2. The number of aromatic nitrogens is 1. The van der Waals surface area contributed by atoms with Crippen LogP contribution in [0.25, 0.3) is 0 Å². The SMILES string of the molecule is CCNC(=NCc1ccc(N(CC)CC)nc1)NCCc1cccc(C(=O)NC)c1.I. The first-order valence-corrected chi connectivity index (χ1v) is 10.6. The second-order valence-electron chi connectivity index (χ2n) is 6.85. The van der Waals surface area contributed by atoms with E-state index < -0.39 is 0 Å². The molecule has 1 heterocycles. The van der Waals surface area contributed by atoms with Crippen LogP contribution < -0.4 is 20.9 Å². The normalized spacial score (nSPS) is 10.8. The van der Waals surface area contributed by atoms with E-state index >= 15 is 0 Å². The molecule has 1 aromatic heterocycles. The van der Waals surface area contributed by atoms with E-state index in [-0.39, 0.29) is 29.9 Å². The van der Waals surface area contributed by atoms with Gasteiger partial charge in [0, 0.05) is 45.0 Å². The highest BCUT2D eigenvalue weighted by Gasteiger charge is 2.05. The molecule has 3 N–H and O–H groups in total. The van der Waals surface area contributed by atoms with Crippen molar-refractivity contribution in [2.75, 3.05) is 38.1 Å². The molecule has 0 saturated heterocycles. The minimum atomic E-state index is -0.0691. The Morgan fingerprint density at radius 3 is 2.45 bits per heavy atom. The number of nitrogens with one attached hydrogen (secondary N) is 3. The molecule has 2 aromatic rings. The quantitative estimate of drug-likeness (QED) is 0.246. The van der Waals surface area contributed by atoms with Gasteiger partial charge in [-0.05, 0) is 56.5 Å². The van der Waals surface area contributed by atoms with Crippen LogP contribution in [-0.2, 0) is 13.0 Å². The number of carbonyl (C=O) groups is 1. The molecule has 0 aliphatic carbocycles. The molecule has 7 nitrogen and oxygen atoms in total. The zero-order valence-electron chi connectivity index (χ0n) is 18.9. The third kappa shape index (κ3) is 8.72. The fraction of sp³-hybridized carbons (Fsp3) is 0.435. The number of nitrogens with zero attached hydrogens (tertiary/aromatic N) is 3.